The summed E-state index contributed by atoms with van der Waals surface area (Å²) in [5.74, 6) is 1.53. The second-order valence-corrected chi connectivity index (χ2v) is 9.11. The van der Waals surface area contributed by atoms with E-state index in [9.17, 15) is 9.59 Å². The summed E-state index contributed by atoms with van der Waals surface area (Å²) in [5.41, 5.74) is 0.670. The quantitative estimate of drug-likeness (QED) is 0.483. The predicted molar refractivity (Wildman–Crippen MR) is 124 cm³/mol. The first-order valence-corrected chi connectivity index (χ1v) is 11.8. The molecule has 1 N–H and O–H groups in total. The molecule has 33 heavy (non-hydrogen) atoms. The third-order valence-corrected chi connectivity index (χ3v) is 6.94. The van der Waals surface area contributed by atoms with Gasteiger partial charge in [0.15, 0.2) is 0 Å². The SMILES string of the molecule is O=c1c2cc3c(=O)n(-c4n[nH]c(C5CCCCC5)n4)ccc3nc2ccn1CC1CCCO1. The molecule has 0 aromatic carbocycles. The molecule has 2 fully saturated rings. The molecule has 0 radical (unpaired) electrons. The van der Waals surface area contributed by atoms with E-state index in [0.717, 1.165) is 38.1 Å². The maximum Gasteiger partial charge on any atom is 0.267 e. The van der Waals surface area contributed by atoms with Crippen LogP contribution in [0.1, 0.15) is 56.7 Å². The maximum absolute atomic E-state index is 13.3. The average Bonchev–Trinajstić information content (AvgIpc) is 3.54. The van der Waals surface area contributed by atoms with E-state index in [2.05, 4.69) is 20.2 Å². The fourth-order valence-corrected chi connectivity index (χ4v) is 5.11. The lowest BCUT2D eigenvalue weighted by molar-refractivity contribution is 0.0963. The Balaban J connectivity index is 1.41. The van der Waals surface area contributed by atoms with Crippen molar-refractivity contribution >= 4 is 21.8 Å². The number of rotatable bonds is 4. The molecule has 1 aliphatic heterocycles. The molecular formula is C24H26N6O3. The van der Waals surface area contributed by atoms with E-state index in [1.807, 2.05) is 6.07 Å². The van der Waals surface area contributed by atoms with Gasteiger partial charge in [0.1, 0.15) is 5.82 Å². The monoisotopic (exact) mass is 446 g/mol. The highest BCUT2D eigenvalue weighted by Gasteiger charge is 2.21. The van der Waals surface area contributed by atoms with Crippen LogP contribution in [0.4, 0.5) is 0 Å². The van der Waals surface area contributed by atoms with Crippen LogP contribution in [0, 0.1) is 0 Å². The third-order valence-electron chi connectivity index (χ3n) is 6.94. The molecule has 1 atom stereocenters. The van der Waals surface area contributed by atoms with E-state index >= 15 is 0 Å². The lowest BCUT2D eigenvalue weighted by Crippen LogP contribution is -2.26. The zero-order valence-corrected chi connectivity index (χ0v) is 18.4. The minimum atomic E-state index is -0.287. The molecule has 0 spiro atoms. The Morgan fingerprint density at radius 3 is 2.52 bits per heavy atom. The van der Waals surface area contributed by atoms with E-state index in [1.54, 1.807) is 29.1 Å². The number of hydrogen-bond donors (Lipinski definition) is 1. The Kier molecular flexibility index (Phi) is 5.05. The van der Waals surface area contributed by atoms with Gasteiger partial charge >= 0.3 is 0 Å². The van der Waals surface area contributed by atoms with Crippen LogP contribution in [-0.2, 0) is 11.3 Å². The standard InChI is InChI=1S/C24H26N6O3/c31-22-17-13-18-20(25-19(17)8-10-29(22)14-16-7-4-12-33-16)9-11-30(23(18)32)24-26-21(27-28-24)15-5-2-1-3-6-15/h8-11,13,15-16H,1-7,12,14H2,(H,26,27,28). The second kappa shape index (κ2) is 8.22. The molecule has 1 aliphatic carbocycles. The van der Waals surface area contributed by atoms with Gasteiger partial charge in [-0.05, 0) is 43.9 Å². The summed E-state index contributed by atoms with van der Waals surface area (Å²) in [6, 6.07) is 5.24. The molecule has 4 aromatic rings. The van der Waals surface area contributed by atoms with Crippen LogP contribution >= 0.6 is 0 Å². The van der Waals surface area contributed by atoms with Crippen molar-refractivity contribution in [2.75, 3.05) is 6.61 Å². The number of nitrogens with zero attached hydrogens (tertiary/aromatic N) is 5. The molecule has 170 valence electrons. The Morgan fingerprint density at radius 1 is 0.939 bits per heavy atom. The molecule has 5 heterocycles. The molecule has 1 unspecified atom stereocenters. The molecular weight excluding hydrogens is 420 g/mol. The molecule has 9 heteroatoms. The Labute approximate surface area is 189 Å². The number of aromatic amines is 1. The third kappa shape index (κ3) is 3.66. The Hall–Kier alpha value is -3.33. The van der Waals surface area contributed by atoms with Crippen LogP contribution in [-0.4, -0.2) is 42.0 Å². The summed E-state index contributed by atoms with van der Waals surface area (Å²) >= 11 is 0. The van der Waals surface area contributed by atoms with E-state index in [1.165, 1.54) is 23.8 Å². The van der Waals surface area contributed by atoms with Crippen molar-refractivity contribution in [1.29, 1.82) is 0 Å². The van der Waals surface area contributed by atoms with Crippen molar-refractivity contribution in [3.63, 3.8) is 0 Å². The Morgan fingerprint density at radius 2 is 1.73 bits per heavy atom. The first-order valence-electron chi connectivity index (χ1n) is 11.8. The highest BCUT2D eigenvalue weighted by Crippen LogP contribution is 2.30. The second-order valence-electron chi connectivity index (χ2n) is 9.11. The normalized spacial score (nSPS) is 19.6. The minimum Gasteiger partial charge on any atom is -0.376 e. The zero-order chi connectivity index (χ0) is 22.4. The van der Waals surface area contributed by atoms with Gasteiger partial charge in [-0.2, -0.15) is 4.98 Å². The molecule has 0 amide bonds. The lowest BCUT2D eigenvalue weighted by atomic mass is 9.89. The first kappa shape index (κ1) is 20.3. The van der Waals surface area contributed by atoms with Gasteiger partial charge in [-0.1, -0.05) is 19.3 Å². The van der Waals surface area contributed by atoms with Crippen molar-refractivity contribution in [2.45, 2.75) is 63.5 Å². The van der Waals surface area contributed by atoms with Gasteiger partial charge < -0.3 is 9.30 Å². The van der Waals surface area contributed by atoms with E-state index < -0.39 is 0 Å². The van der Waals surface area contributed by atoms with E-state index in [0.29, 0.717) is 40.2 Å². The molecule has 1 saturated carbocycles. The van der Waals surface area contributed by atoms with E-state index in [-0.39, 0.29) is 17.2 Å². The number of ether oxygens (including phenoxy) is 1. The number of nitrogens with one attached hydrogen (secondary N) is 1. The van der Waals surface area contributed by atoms with Crippen molar-refractivity contribution in [1.82, 2.24) is 29.3 Å². The van der Waals surface area contributed by atoms with Gasteiger partial charge in [0.05, 0.1) is 34.5 Å². The van der Waals surface area contributed by atoms with Gasteiger partial charge in [-0.25, -0.2) is 9.55 Å². The molecule has 0 bridgehead atoms. The Bertz CT molecular complexity index is 1440. The van der Waals surface area contributed by atoms with E-state index in [4.69, 9.17) is 4.74 Å². The van der Waals surface area contributed by atoms with Crippen LogP contribution in [0.2, 0.25) is 0 Å². The van der Waals surface area contributed by atoms with Crippen LogP contribution in [0.3, 0.4) is 0 Å². The summed E-state index contributed by atoms with van der Waals surface area (Å²) in [6.07, 6.45) is 11.3. The fourth-order valence-electron chi connectivity index (χ4n) is 5.11. The summed E-state index contributed by atoms with van der Waals surface area (Å²) in [6.45, 7) is 1.25. The molecule has 6 rings (SSSR count). The summed E-state index contributed by atoms with van der Waals surface area (Å²) in [5, 5.41) is 8.14. The molecule has 9 nitrogen and oxygen atoms in total. The largest absolute Gasteiger partial charge is 0.376 e. The fraction of sp³-hybridized carbons (Fsp3) is 0.458. The summed E-state index contributed by atoms with van der Waals surface area (Å²) in [4.78, 5) is 35.7. The summed E-state index contributed by atoms with van der Waals surface area (Å²) in [7, 11) is 0. The highest BCUT2D eigenvalue weighted by molar-refractivity contribution is 5.91. The molecule has 2 aliphatic rings. The number of fused-ring (bicyclic) bond motifs is 2. The van der Waals surface area contributed by atoms with Crippen LogP contribution in [0.5, 0.6) is 0 Å². The maximum atomic E-state index is 13.3. The topological polar surface area (TPSA) is 108 Å². The minimum absolute atomic E-state index is 0.0508. The van der Waals surface area contributed by atoms with Gasteiger partial charge in [0, 0.05) is 24.9 Å². The number of pyridine rings is 3. The number of hydrogen-bond acceptors (Lipinski definition) is 6. The van der Waals surface area contributed by atoms with Crippen molar-refractivity contribution < 1.29 is 4.74 Å². The zero-order valence-electron chi connectivity index (χ0n) is 18.4. The van der Waals surface area contributed by atoms with Gasteiger partial charge in [-0.3, -0.25) is 14.7 Å². The highest BCUT2D eigenvalue weighted by atomic mass is 16.5. The average molecular weight is 447 g/mol. The van der Waals surface area contributed by atoms with Crippen molar-refractivity contribution in [3.8, 4) is 5.95 Å². The number of aromatic nitrogens is 6. The van der Waals surface area contributed by atoms with Crippen molar-refractivity contribution in [2.24, 2.45) is 0 Å². The van der Waals surface area contributed by atoms with Crippen LogP contribution in [0.25, 0.3) is 27.8 Å². The predicted octanol–water partition coefficient (Wildman–Crippen LogP) is 3.05. The smallest absolute Gasteiger partial charge is 0.267 e. The first-order chi connectivity index (χ1) is 16.2. The van der Waals surface area contributed by atoms with Gasteiger partial charge in [-0.15, -0.1) is 5.10 Å². The van der Waals surface area contributed by atoms with Crippen LogP contribution in [0.15, 0.2) is 40.2 Å². The molecule has 1 saturated heterocycles. The number of H-pyrrole nitrogens is 1. The summed E-state index contributed by atoms with van der Waals surface area (Å²) < 4.78 is 8.75. The van der Waals surface area contributed by atoms with Crippen LogP contribution < -0.4 is 11.1 Å². The van der Waals surface area contributed by atoms with Crippen molar-refractivity contribution in [3.05, 3.63) is 57.1 Å². The van der Waals surface area contributed by atoms with Gasteiger partial charge in [0.25, 0.3) is 17.1 Å². The van der Waals surface area contributed by atoms with Gasteiger partial charge in [0.2, 0.25) is 0 Å². The lowest BCUT2D eigenvalue weighted by Gasteiger charge is -2.18. The molecule has 4 aromatic heterocycles.